The molecule has 0 atom stereocenters. The van der Waals surface area contributed by atoms with E-state index in [9.17, 15) is 4.79 Å². The number of ether oxygens (including phenoxy) is 1. The second-order valence-corrected chi connectivity index (χ2v) is 5.26. The first-order valence-electron chi connectivity index (χ1n) is 5.60. The molecule has 17 heavy (non-hydrogen) atoms. The molecule has 0 spiro atoms. The Kier molecular flexibility index (Phi) is 2.48. The molecule has 3 heteroatoms. The third-order valence-corrected chi connectivity index (χ3v) is 3.90. The molecule has 2 heterocycles. The number of aryl methyl sites for hydroxylation is 1. The van der Waals surface area contributed by atoms with Gasteiger partial charge in [0.05, 0.1) is 6.61 Å². The molecule has 0 fully saturated rings. The van der Waals surface area contributed by atoms with E-state index in [1.165, 1.54) is 0 Å². The third kappa shape index (κ3) is 1.76. The molecule has 1 aromatic heterocycles. The number of carbonyl (C=O) groups excluding carboxylic acids is 1. The van der Waals surface area contributed by atoms with E-state index < -0.39 is 0 Å². The highest BCUT2D eigenvalue weighted by molar-refractivity contribution is 7.10. The second-order valence-electron chi connectivity index (χ2n) is 4.14. The predicted molar refractivity (Wildman–Crippen MR) is 68.1 cm³/mol. The average molecular weight is 244 g/mol. The molecule has 0 radical (unpaired) electrons. The van der Waals surface area contributed by atoms with Gasteiger partial charge in [0.15, 0.2) is 5.78 Å². The monoisotopic (exact) mass is 244 g/mol. The average Bonchev–Trinajstić information content (AvgIpc) is 2.95. The second kappa shape index (κ2) is 4.00. The zero-order chi connectivity index (χ0) is 11.8. The molecule has 1 aromatic carbocycles. The van der Waals surface area contributed by atoms with Crippen LogP contribution in [0.4, 0.5) is 0 Å². The van der Waals surface area contributed by atoms with E-state index in [4.69, 9.17) is 4.74 Å². The Hall–Kier alpha value is -1.61. The van der Waals surface area contributed by atoms with Crippen molar-refractivity contribution < 1.29 is 9.53 Å². The minimum Gasteiger partial charge on any atom is -0.493 e. The minimum atomic E-state index is 0.110. The maximum Gasteiger partial charge on any atom is 0.194 e. The van der Waals surface area contributed by atoms with Crippen molar-refractivity contribution in [3.63, 3.8) is 0 Å². The van der Waals surface area contributed by atoms with Crippen LogP contribution in [0.15, 0.2) is 29.6 Å². The van der Waals surface area contributed by atoms with Crippen LogP contribution in [0, 0.1) is 6.92 Å². The molecule has 1 aliphatic heterocycles. The summed E-state index contributed by atoms with van der Waals surface area (Å²) in [5.74, 6) is 1.03. The van der Waals surface area contributed by atoms with Crippen LogP contribution in [0.2, 0.25) is 0 Å². The first-order chi connectivity index (χ1) is 8.25. The molecule has 1 aliphatic rings. The quantitative estimate of drug-likeness (QED) is 0.758. The maximum absolute atomic E-state index is 12.3. The van der Waals surface area contributed by atoms with Crippen LogP contribution < -0.4 is 4.74 Å². The number of carbonyl (C=O) groups is 1. The van der Waals surface area contributed by atoms with Crippen LogP contribution >= 0.6 is 11.3 Å². The summed E-state index contributed by atoms with van der Waals surface area (Å²) >= 11 is 1.61. The van der Waals surface area contributed by atoms with Gasteiger partial charge in [0, 0.05) is 22.4 Å². The summed E-state index contributed by atoms with van der Waals surface area (Å²) in [6, 6.07) is 7.61. The van der Waals surface area contributed by atoms with Gasteiger partial charge in [-0.3, -0.25) is 4.79 Å². The molecule has 0 saturated heterocycles. The number of hydrogen-bond acceptors (Lipinski definition) is 3. The van der Waals surface area contributed by atoms with Gasteiger partial charge >= 0.3 is 0 Å². The smallest absolute Gasteiger partial charge is 0.194 e. The van der Waals surface area contributed by atoms with E-state index in [1.807, 2.05) is 36.6 Å². The summed E-state index contributed by atoms with van der Waals surface area (Å²) in [5, 5.41) is 1.96. The van der Waals surface area contributed by atoms with Crippen LogP contribution in [0.25, 0.3) is 0 Å². The molecule has 0 unspecified atom stereocenters. The van der Waals surface area contributed by atoms with Gasteiger partial charge in [0.1, 0.15) is 5.75 Å². The first-order valence-corrected chi connectivity index (χ1v) is 6.48. The van der Waals surface area contributed by atoms with Crippen molar-refractivity contribution in [3.8, 4) is 5.75 Å². The van der Waals surface area contributed by atoms with Crippen molar-refractivity contribution in [1.29, 1.82) is 0 Å². The van der Waals surface area contributed by atoms with Crippen LogP contribution in [0.5, 0.6) is 5.75 Å². The molecule has 3 rings (SSSR count). The van der Waals surface area contributed by atoms with Crippen molar-refractivity contribution >= 4 is 17.1 Å². The topological polar surface area (TPSA) is 26.3 Å². The van der Waals surface area contributed by atoms with Crippen molar-refractivity contribution in [2.75, 3.05) is 6.61 Å². The fourth-order valence-electron chi connectivity index (χ4n) is 2.10. The fraction of sp³-hybridized carbons (Fsp3) is 0.214. The summed E-state index contributed by atoms with van der Waals surface area (Å²) < 4.78 is 5.44. The lowest BCUT2D eigenvalue weighted by Crippen LogP contribution is -2.01. The number of fused-ring (bicyclic) bond motifs is 1. The SMILES string of the molecule is Cc1sccc1C(=O)c1ccc2c(c1)CCO2. The van der Waals surface area contributed by atoms with Crippen LogP contribution in [-0.2, 0) is 6.42 Å². The Labute approximate surface area is 104 Å². The van der Waals surface area contributed by atoms with Gasteiger partial charge in [-0.25, -0.2) is 0 Å². The number of rotatable bonds is 2. The molecule has 2 nitrogen and oxygen atoms in total. The molecule has 0 bridgehead atoms. The van der Waals surface area contributed by atoms with Crippen molar-refractivity contribution in [1.82, 2.24) is 0 Å². The molecular weight excluding hydrogens is 232 g/mol. The Balaban J connectivity index is 2.00. The summed E-state index contributed by atoms with van der Waals surface area (Å²) in [6.07, 6.45) is 0.902. The zero-order valence-electron chi connectivity index (χ0n) is 9.53. The zero-order valence-corrected chi connectivity index (χ0v) is 10.3. The highest BCUT2D eigenvalue weighted by Crippen LogP contribution is 2.27. The number of ketones is 1. The number of benzene rings is 1. The Morgan fingerprint density at radius 2 is 2.24 bits per heavy atom. The molecule has 2 aromatic rings. The van der Waals surface area contributed by atoms with Gasteiger partial charge in [-0.1, -0.05) is 0 Å². The summed E-state index contributed by atoms with van der Waals surface area (Å²) in [6.45, 7) is 2.71. The van der Waals surface area contributed by atoms with E-state index in [0.717, 1.165) is 40.3 Å². The number of hydrogen-bond donors (Lipinski definition) is 0. The Morgan fingerprint density at radius 3 is 3.00 bits per heavy atom. The van der Waals surface area contributed by atoms with Crippen LogP contribution in [0.1, 0.15) is 26.4 Å². The highest BCUT2D eigenvalue weighted by atomic mass is 32.1. The van der Waals surface area contributed by atoms with E-state index in [-0.39, 0.29) is 5.78 Å². The van der Waals surface area contributed by atoms with Gasteiger partial charge in [0.25, 0.3) is 0 Å². The van der Waals surface area contributed by atoms with Crippen LogP contribution in [-0.4, -0.2) is 12.4 Å². The lowest BCUT2D eigenvalue weighted by atomic mass is 10.0. The largest absolute Gasteiger partial charge is 0.493 e. The molecule has 86 valence electrons. The summed E-state index contributed by atoms with van der Waals surface area (Å²) in [5.41, 5.74) is 2.72. The number of thiophene rings is 1. The Morgan fingerprint density at radius 1 is 1.35 bits per heavy atom. The molecular formula is C14H12O2S. The van der Waals surface area contributed by atoms with Gasteiger partial charge in [0.2, 0.25) is 0 Å². The lowest BCUT2D eigenvalue weighted by molar-refractivity contribution is 0.103. The van der Waals surface area contributed by atoms with Gasteiger partial charge in [-0.05, 0) is 42.1 Å². The normalized spacial score (nSPS) is 13.2. The highest BCUT2D eigenvalue weighted by Gasteiger charge is 2.17. The fourth-order valence-corrected chi connectivity index (χ4v) is 2.80. The summed E-state index contributed by atoms with van der Waals surface area (Å²) in [7, 11) is 0. The van der Waals surface area contributed by atoms with E-state index >= 15 is 0 Å². The van der Waals surface area contributed by atoms with Crippen LogP contribution in [0.3, 0.4) is 0 Å². The van der Waals surface area contributed by atoms with E-state index in [1.54, 1.807) is 11.3 Å². The maximum atomic E-state index is 12.3. The third-order valence-electron chi connectivity index (χ3n) is 3.06. The van der Waals surface area contributed by atoms with E-state index in [0.29, 0.717) is 0 Å². The van der Waals surface area contributed by atoms with Crippen molar-refractivity contribution in [2.45, 2.75) is 13.3 Å². The van der Waals surface area contributed by atoms with Gasteiger partial charge in [-0.2, -0.15) is 0 Å². The molecule has 0 N–H and O–H groups in total. The predicted octanol–water partition coefficient (Wildman–Crippen LogP) is 3.22. The van der Waals surface area contributed by atoms with Gasteiger partial charge < -0.3 is 4.74 Å². The van der Waals surface area contributed by atoms with E-state index in [2.05, 4.69) is 0 Å². The summed E-state index contributed by atoms with van der Waals surface area (Å²) in [4.78, 5) is 13.4. The standard InChI is InChI=1S/C14H12O2S/c1-9-12(5-7-17-9)14(15)11-2-3-13-10(8-11)4-6-16-13/h2-3,5,7-8H,4,6H2,1H3. The molecule has 0 saturated carbocycles. The van der Waals surface area contributed by atoms with Gasteiger partial charge in [-0.15, -0.1) is 11.3 Å². The lowest BCUT2D eigenvalue weighted by Gasteiger charge is -2.03. The Bertz CT molecular complexity index is 584. The molecule has 0 amide bonds. The van der Waals surface area contributed by atoms with Crippen molar-refractivity contribution in [3.05, 3.63) is 51.2 Å². The first kappa shape index (κ1) is 10.5. The minimum absolute atomic E-state index is 0.110. The van der Waals surface area contributed by atoms with Crippen molar-refractivity contribution in [2.24, 2.45) is 0 Å². The molecule has 0 aliphatic carbocycles.